The fourth-order valence-electron chi connectivity index (χ4n) is 2.25. The van der Waals surface area contributed by atoms with E-state index in [1.165, 1.54) is 17.1 Å². The Morgan fingerprint density at radius 1 is 1.30 bits per heavy atom. The second-order valence-electron chi connectivity index (χ2n) is 5.01. The van der Waals surface area contributed by atoms with Gasteiger partial charge in [-0.15, -0.1) is 11.3 Å². The molecule has 7 heteroatoms. The van der Waals surface area contributed by atoms with Crippen LogP contribution in [0.5, 0.6) is 0 Å². The van der Waals surface area contributed by atoms with Gasteiger partial charge in [-0.25, -0.2) is 0 Å². The van der Waals surface area contributed by atoms with Gasteiger partial charge in [0.05, 0.1) is 36.1 Å². The molecule has 0 spiro atoms. The lowest BCUT2D eigenvalue weighted by molar-refractivity contribution is -0.255. The Morgan fingerprint density at radius 3 is 2.91 bits per heavy atom. The van der Waals surface area contributed by atoms with E-state index >= 15 is 0 Å². The van der Waals surface area contributed by atoms with Crippen LogP contribution in [0.15, 0.2) is 41.5 Å². The largest absolute Gasteiger partial charge is 0.545 e. The van der Waals surface area contributed by atoms with Gasteiger partial charge in [0.15, 0.2) is 0 Å². The van der Waals surface area contributed by atoms with E-state index in [1.807, 2.05) is 6.07 Å². The smallest absolute Gasteiger partial charge is 0.0916 e. The number of benzene rings is 1. The number of hydrogen-bond donors (Lipinski definition) is 1. The van der Waals surface area contributed by atoms with E-state index in [0.29, 0.717) is 5.69 Å². The van der Waals surface area contributed by atoms with Crippen LogP contribution in [0.3, 0.4) is 0 Å². The van der Waals surface area contributed by atoms with E-state index in [0.717, 1.165) is 31.2 Å². The molecule has 0 radical (unpaired) electrons. The highest BCUT2D eigenvalue weighted by molar-refractivity contribution is 7.17. The molecule has 23 heavy (non-hydrogen) atoms. The van der Waals surface area contributed by atoms with Crippen molar-refractivity contribution in [3.8, 4) is 0 Å². The number of carboxylic acid groups (broad SMARTS) is 1. The maximum Gasteiger partial charge on any atom is 0.0916 e. The van der Waals surface area contributed by atoms with Crippen LogP contribution < -0.4 is 15.4 Å². The Kier molecular flexibility index (Phi) is 4.89. The molecule has 1 aliphatic heterocycles. The summed E-state index contributed by atoms with van der Waals surface area (Å²) in [5.74, 6) is -1.20. The highest BCUT2D eigenvalue weighted by Gasteiger charge is 2.12. The fourth-order valence-corrected chi connectivity index (χ4v) is 3.18. The summed E-state index contributed by atoms with van der Waals surface area (Å²) in [6.07, 6.45) is 1.72. The molecule has 1 aliphatic rings. The van der Waals surface area contributed by atoms with Gasteiger partial charge in [0.25, 0.3) is 0 Å². The summed E-state index contributed by atoms with van der Waals surface area (Å²) in [4.78, 5) is 14.1. The zero-order chi connectivity index (χ0) is 16.1. The summed E-state index contributed by atoms with van der Waals surface area (Å²) in [5, 5.41) is 16.2. The molecule has 1 aromatic carbocycles. The van der Waals surface area contributed by atoms with E-state index in [4.69, 9.17) is 4.74 Å². The first-order valence-electron chi connectivity index (χ1n) is 7.25. The number of hydrogen-bond acceptors (Lipinski definition) is 7. The van der Waals surface area contributed by atoms with Gasteiger partial charge in [0.2, 0.25) is 0 Å². The first-order chi connectivity index (χ1) is 11.2. The summed E-state index contributed by atoms with van der Waals surface area (Å²) in [6.45, 7) is 3.34. The monoisotopic (exact) mass is 330 g/mol. The highest BCUT2D eigenvalue weighted by Crippen LogP contribution is 2.25. The number of rotatable bonds is 5. The second-order valence-corrected chi connectivity index (χ2v) is 6.11. The minimum atomic E-state index is -1.20. The maximum atomic E-state index is 10.8. The summed E-state index contributed by atoms with van der Waals surface area (Å²) in [7, 11) is 0. The number of nitrogens with zero attached hydrogens (tertiary/aromatic N) is 2. The van der Waals surface area contributed by atoms with E-state index < -0.39 is 5.97 Å². The molecule has 0 amide bonds. The van der Waals surface area contributed by atoms with Crippen LogP contribution in [0.1, 0.15) is 15.2 Å². The number of anilines is 2. The number of morpholine rings is 1. The summed E-state index contributed by atoms with van der Waals surface area (Å²) in [6, 6.07) is 10.5. The first-order valence-corrected chi connectivity index (χ1v) is 8.07. The topological polar surface area (TPSA) is 77.0 Å². The molecule has 1 fully saturated rings. The Bertz CT molecular complexity index is 708. The van der Waals surface area contributed by atoms with Crippen LogP contribution in [-0.4, -0.2) is 38.5 Å². The number of carbonyl (C=O) groups excluding carboxylic acids is 1. The molecule has 1 aromatic heterocycles. The standard InChI is InChI=1S/C16H17N3O3S/c20-16(21)12-2-1-3-13(10-12)18-17-11-14-4-5-15(23-14)19-6-8-22-9-7-19/h1-5,10-11,18H,6-9H2,(H,20,21)/p-1/b17-11-. The third-order valence-corrected chi connectivity index (χ3v) is 4.50. The van der Waals surface area contributed by atoms with Crippen molar-refractivity contribution in [2.45, 2.75) is 0 Å². The average Bonchev–Trinajstić information content (AvgIpc) is 3.05. The first kappa shape index (κ1) is 15.5. The van der Waals surface area contributed by atoms with Crippen LogP contribution in [0.25, 0.3) is 0 Å². The normalized spacial score (nSPS) is 15.0. The molecule has 3 rings (SSSR count). The van der Waals surface area contributed by atoms with E-state index in [-0.39, 0.29) is 5.56 Å². The van der Waals surface area contributed by atoms with Gasteiger partial charge in [-0.3, -0.25) is 5.43 Å². The summed E-state index contributed by atoms with van der Waals surface area (Å²) >= 11 is 1.66. The fraction of sp³-hybridized carbons (Fsp3) is 0.250. The SMILES string of the molecule is O=C([O-])c1cccc(N/N=C\c2ccc(N3CCOCC3)s2)c1. The van der Waals surface area contributed by atoms with Crippen molar-refractivity contribution in [1.82, 2.24) is 0 Å². The number of ether oxygens (including phenoxy) is 1. The lowest BCUT2D eigenvalue weighted by atomic mass is 10.2. The number of hydrazone groups is 1. The number of carboxylic acids is 1. The van der Waals surface area contributed by atoms with Crippen molar-refractivity contribution in [1.29, 1.82) is 0 Å². The van der Waals surface area contributed by atoms with Crippen LogP contribution in [0, 0.1) is 0 Å². The number of aromatic carboxylic acids is 1. The summed E-state index contributed by atoms with van der Waals surface area (Å²) in [5.41, 5.74) is 3.55. The molecule has 6 nitrogen and oxygen atoms in total. The molecular formula is C16H16N3O3S-. The van der Waals surface area contributed by atoms with Crippen molar-refractivity contribution in [3.05, 3.63) is 46.8 Å². The van der Waals surface area contributed by atoms with Gasteiger partial charge in [0, 0.05) is 18.0 Å². The highest BCUT2D eigenvalue weighted by atomic mass is 32.1. The predicted molar refractivity (Wildman–Crippen MR) is 89.3 cm³/mol. The Labute approximate surface area is 138 Å². The molecule has 0 aliphatic carbocycles. The molecule has 2 heterocycles. The average molecular weight is 330 g/mol. The van der Waals surface area contributed by atoms with E-state index in [9.17, 15) is 9.90 Å². The van der Waals surface area contributed by atoms with Crippen LogP contribution in [0.2, 0.25) is 0 Å². The molecule has 2 aromatic rings. The molecular weight excluding hydrogens is 314 g/mol. The molecule has 0 atom stereocenters. The van der Waals surface area contributed by atoms with E-state index in [2.05, 4.69) is 21.5 Å². The minimum Gasteiger partial charge on any atom is -0.545 e. The lowest BCUT2D eigenvalue weighted by Gasteiger charge is -2.27. The second kappa shape index (κ2) is 7.26. The third kappa shape index (κ3) is 4.08. The molecule has 0 unspecified atom stereocenters. The molecule has 0 saturated carbocycles. The number of thiophene rings is 1. The van der Waals surface area contributed by atoms with Gasteiger partial charge in [0.1, 0.15) is 0 Å². The van der Waals surface area contributed by atoms with Crippen molar-refractivity contribution >= 4 is 34.2 Å². The van der Waals surface area contributed by atoms with Gasteiger partial charge in [-0.2, -0.15) is 5.10 Å². The van der Waals surface area contributed by atoms with Crippen molar-refractivity contribution in [2.24, 2.45) is 5.10 Å². The lowest BCUT2D eigenvalue weighted by Crippen LogP contribution is -2.35. The Hall–Kier alpha value is -2.38. The zero-order valence-electron chi connectivity index (χ0n) is 12.4. The number of carbonyl (C=O) groups is 1. The molecule has 0 bridgehead atoms. The third-order valence-electron chi connectivity index (χ3n) is 3.42. The van der Waals surface area contributed by atoms with Crippen molar-refractivity contribution in [2.75, 3.05) is 36.6 Å². The Balaban J connectivity index is 1.61. The zero-order valence-corrected chi connectivity index (χ0v) is 13.2. The van der Waals surface area contributed by atoms with Gasteiger partial charge in [-0.05, 0) is 29.8 Å². The molecule has 1 N–H and O–H groups in total. The summed E-state index contributed by atoms with van der Waals surface area (Å²) < 4.78 is 5.35. The van der Waals surface area contributed by atoms with Crippen molar-refractivity contribution < 1.29 is 14.6 Å². The van der Waals surface area contributed by atoms with Crippen molar-refractivity contribution in [3.63, 3.8) is 0 Å². The van der Waals surface area contributed by atoms with Gasteiger partial charge in [-0.1, -0.05) is 12.1 Å². The minimum absolute atomic E-state index is 0.121. The number of nitrogens with one attached hydrogen (secondary N) is 1. The molecule has 120 valence electrons. The quantitative estimate of drug-likeness (QED) is 0.662. The van der Waals surface area contributed by atoms with Crippen LogP contribution >= 0.6 is 11.3 Å². The maximum absolute atomic E-state index is 10.8. The van der Waals surface area contributed by atoms with Crippen LogP contribution in [-0.2, 0) is 4.74 Å². The van der Waals surface area contributed by atoms with E-state index in [1.54, 1.807) is 29.7 Å². The van der Waals surface area contributed by atoms with Crippen LogP contribution in [0.4, 0.5) is 10.7 Å². The van der Waals surface area contributed by atoms with Gasteiger partial charge >= 0.3 is 0 Å². The van der Waals surface area contributed by atoms with Gasteiger partial charge < -0.3 is 19.5 Å². The predicted octanol–water partition coefficient (Wildman–Crippen LogP) is 1.39. The Morgan fingerprint density at radius 2 is 2.13 bits per heavy atom. The molecule has 1 saturated heterocycles.